The Balaban J connectivity index is 1.91. The van der Waals surface area contributed by atoms with Crippen LogP contribution in [-0.4, -0.2) is 34.8 Å². The predicted octanol–water partition coefficient (Wildman–Crippen LogP) is 3.39. The molecule has 1 heterocycles. The molecule has 0 saturated heterocycles. The topological polar surface area (TPSA) is 51.1 Å². The molecule has 2 aromatic rings. The predicted molar refractivity (Wildman–Crippen MR) is 107 cm³/mol. The van der Waals surface area contributed by atoms with Gasteiger partial charge in [0.05, 0.1) is 6.42 Å². The largest absolute Gasteiger partial charge is 0.355 e. The zero-order valence-corrected chi connectivity index (χ0v) is 16.3. The molecular weight excluding hydrogens is 344 g/mol. The number of carbonyl (C=O) groups excluding carboxylic acids is 2. The van der Waals surface area contributed by atoms with E-state index in [2.05, 4.69) is 22.0 Å². The van der Waals surface area contributed by atoms with Gasteiger partial charge in [0.15, 0.2) is 5.78 Å². The third-order valence-corrected chi connectivity index (χ3v) is 5.62. The molecule has 5 heteroatoms. The Hall–Kier alpha value is -2.01. The van der Waals surface area contributed by atoms with Gasteiger partial charge < -0.3 is 9.88 Å². The highest BCUT2D eigenvalue weighted by molar-refractivity contribution is 7.98. The number of Topliss-reactive ketones (excluding diaryl/α,β-unsaturated/α-hetero) is 1. The van der Waals surface area contributed by atoms with Crippen molar-refractivity contribution in [3.63, 3.8) is 0 Å². The van der Waals surface area contributed by atoms with Gasteiger partial charge in [0.2, 0.25) is 5.91 Å². The number of carbonyl (C=O) groups is 2. The van der Waals surface area contributed by atoms with Crippen LogP contribution in [0, 0.1) is 6.92 Å². The fraction of sp³-hybridized carbons (Fsp3) is 0.429. The molecule has 1 aromatic heterocycles. The molecular formula is C21H26N2O2S. The van der Waals surface area contributed by atoms with Crippen LogP contribution in [0.2, 0.25) is 0 Å². The van der Waals surface area contributed by atoms with Crippen molar-refractivity contribution >= 4 is 23.5 Å². The number of thioether (sulfide) groups is 1. The van der Waals surface area contributed by atoms with Crippen LogP contribution in [0.5, 0.6) is 0 Å². The summed E-state index contributed by atoms with van der Waals surface area (Å²) >= 11 is 1.71. The number of nitrogens with zero attached hydrogens (tertiary/aromatic N) is 1. The maximum Gasteiger partial charge on any atom is 0.224 e. The molecule has 1 amide bonds. The molecule has 1 aliphatic carbocycles. The molecule has 3 rings (SSSR count). The molecule has 1 N–H and O–H groups in total. The van der Waals surface area contributed by atoms with E-state index in [0.717, 1.165) is 47.7 Å². The highest BCUT2D eigenvalue weighted by Gasteiger charge is 2.28. The first-order valence-corrected chi connectivity index (χ1v) is 10.5. The van der Waals surface area contributed by atoms with Gasteiger partial charge in [-0.15, -0.1) is 0 Å². The van der Waals surface area contributed by atoms with Gasteiger partial charge in [0, 0.05) is 42.2 Å². The number of ketones is 1. The Bertz CT molecular complexity index is 796. The lowest BCUT2D eigenvalue weighted by Crippen LogP contribution is -2.28. The first-order chi connectivity index (χ1) is 12.6. The van der Waals surface area contributed by atoms with Crippen molar-refractivity contribution in [2.24, 2.45) is 0 Å². The van der Waals surface area contributed by atoms with Crippen LogP contribution in [-0.2, 0) is 24.2 Å². The number of fused-ring (bicyclic) bond motifs is 1. The zero-order chi connectivity index (χ0) is 18.5. The van der Waals surface area contributed by atoms with Crippen LogP contribution in [0.15, 0.2) is 30.3 Å². The Morgan fingerprint density at radius 2 is 2.00 bits per heavy atom. The van der Waals surface area contributed by atoms with Crippen molar-refractivity contribution < 1.29 is 9.59 Å². The Morgan fingerprint density at radius 1 is 1.23 bits per heavy atom. The van der Waals surface area contributed by atoms with E-state index in [1.807, 2.05) is 31.4 Å². The molecule has 138 valence electrons. The highest BCUT2D eigenvalue weighted by atomic mass is 32.2. The van der Waals surface area contributed by atoms with Crippen molar-refractivity contribution in [2.75, 3.05) is 18.6 Å². The summed E-state index contributed by atoms with van der Waals surface area (Å²) in [4.78, 5) is 25.0. The average Bonchev–Trinajstić information content (AvgIpc) is 2.90. The van der Waals surface area contributed by atoms with Crippen LogP contribution in [0.1, 0.15) is 45.7 Å². The summed E-state index contributed by atoms with van der Waals surface area (Å²) in [5, 5.41) is 2.96. The maximum absolute atomic E-state index is 12.6. The van der Waals surface area contributed by atoms with Gasteiger partial charge in [0.25, 0.3) is 0 Å². The fourth-order valence-corrected chi connectivity index (χ4v) is 4.00. The lowest BCUT2D eigenvalue weighted by Gasteiger charge is -2.16. The van der Waals surface area contributed by atoms with Gasteiger partial charge >= 0.3 is 0 Å². The number of nitrogens with one attached hydrogen (secondary N) is 1. The highest BCUT2D eigenvalue weighted by Crippen LogP contribution is 2.31. The van der Waals surface area contributed by atoms with E-state index in [9.17, 15) is 9.59 Å². The van der Waals surface area contributed by atoms with Gasteiger partial charge in [-0.05, 0) is 37.1 Å². The molecule has 0 fully saturated rings. The van der Waals surface area contributed by atoms with E-state index in [1.165, 1.54) is 5.56 Å². The number of benzene rings is 1. The third kappa shape index (κ3) is 4.04. The van der Waals surface area contributed by atoms with Gasteiger partial charge in [-0.1, -0.05) is 30.3 Å². The van der Waals surface area contributed by atoms with Crippen molar-refractivity contribution in [3.05, 3.63) is 58.4 Å². The van der Waals surface area contributed by atoms with Crippen molar-refractivity contribution in [1.82, 2.24) is 9.88 Å². The number of hydrogen-bond acceptors (Lipinski definition) is 3. The third-order valence-electron chi connectivity index (χ3n) is 5.00. The molecule has 0 aliphatic heterocycles. The molecule has 1 aliphatic rings. The molecule has 0 saturated carbocycles. The quantitative estimate of drug-likeness (QED) is 0.760. The molecule has 0 bridgehead atoms. The van der Waals surface area contributed by atoms with E-state index in [4.69, 9.17) is 0 Å². The van der Waals surface area contributed by atoms with Crippen molar-refractivity contribution in [1.29, 1.82) is 0 Å². The Morgan fingerprint density at radius 3 is 2.73 bits per heavy atom. The molecule has 0 unspecified atom stereocenters. The number of rotatable bonds is 7. The van der Waals surface area contributed by atoms with E-state index >= 15 is 0 Å². The second-order valence-corrected chi connectivity index (χ2v) is 7.74. The number of amides is 1. The number of hydrogen-bond donors (Lipinski definition) is 1. The van der Waals surface area contributed by atoms with E-state index < -0.39 is 0 Å². The van der Waals surface area contributed by atoms with E-state index in [-0.39, 0.29) is 18.1 Å². The normalized spacial score (nSPS) is 13.5. The smallest absolute Gasteiger partial charge is 0.224 e. The summed E-state index contributed by atoms with van der Waals surface area (Å²) < 4.78 is 2.24. The summed E-state index contributed by atoms with van der Waals surface area (Å²) in [6.45, 7) is 3.45. The number of aromatic nitrogens is 1. The fourth-order valence-electron chi connectivity index (χ4n) is 3.70. The SMILES string of the molecule is CSCCNC(=O)Cc1c2c(n(Cc3ccccc3)c1C)CCCC2=O. The van der Waals surface area contributed by atoms with Crippen molar-refractivity contribution in [2.45, 2.75) is 39.2 Å². The summed E-state index contributed by atoms with van der Waals surface area (Å²) in [6.07, 6.45) is 4.69. The lowest BCUT2D eigenvalue weighted by atomic mass is 9.92. The summed E-state index contributed by atoms with van der Waals surface area (Å²) in [5.41, 5.74) is 5.10. The standard InChI is InChI=1S/C21H26N2O2S/c1-15-17(13-20(25)22-11-12-26-2)21-18(9-6-10-19(21)24)23(15)14-16-7-4-3-5-8-16/h3-5,7-8H,6,9-14H2,1-2H3,(H,22,25). The van der Waals surface area contributed by atoms with Crippen LogP contribution in [0.4, 0.5) is 0 Å². The summed E-state index contributed by atoms with van der Waals surface area (Å²) in [7, 11) is 0. The first kappa shape index (κ1) is 18.8. The Kier molecular flexibility index (Phi) is 6.20. The van der Waals surface area contributed by atoms with Gasteiger partial charge in [-0.25, -0.2) is 0 Å². The summed E-state index contributed by atoms with van der Waals surface area (Å²) in [6, 6.07) is 10.3. The lowest BCUT2D eigenvalue weighted by molar-refractivity contribution is -0.120. The van der Waals surface area contributed by atoms with Gasteiger partial charge in [-0.3, -0.25) is 9.59 Å². The van der Waals surface area contributed by atoms with E-state index in [0.29, 0.717) is 13.0 Å². The van der Waals surface area contributed by atoms with Gasteiger partial charge in [-0.2, -0.15) is 11.8 Å². The minimum atomic E-state index is 0.000171. The van der Waals surface area contributed by atoms with Gasteiger partial charge in [0.1, 0.15) is 0 Å². The van der Waals surface area contributed by atoms with Crippen LogP contribution >= 0.6 is 11.8 Å². The molecule has 0 radical (unpaired) electrons. The molecule has 26 heavy (non-hydrogen) atoms. The zero-order valence-electron chi connectivity index (χ0n) is 15.5. The van der Waals surface area contributed by atoms with E-state index in [1.54, 1.807) is 11.8 Å². The minimum Gasteiger partial charge on any atom is -0.355 e. The minimum absolute atomic E-state index is 0.000171. The second-order valence-electron chi connectivity index (χ2n) is 6.75. The first-order valence-electron chi connectivity index (χ1n) is 9.15. The van der Waals surface area contributed by atoms with Crippen LogP contribution < -0.4 is 5.32 Å². The molecule has 0 atom stereocenters. The van der Waals surface area contributed by atoms with Crippen LogP contribution in [0.3, 0.4) is 0 Å². The molecule has 1 aromatic carbocycles. The monoisotopic (exact) mass is 370 g/mol. The second kappa shape index (κ2) is 8.58. The van der Waals surface area contributed by atoms with Crippen molar-refractivity contribution in [3.8, 4) is 0 Å². The maximum atomic E-state index is 12.6. The molecule has 0 spiro atoms. The average molecular weight is 371 g/mol. The summed E-state index contributed by atoms with van der Waals surface area (Å²) in [5.74, 6) is 1.09. The Labute approximate surface area is 159 Å². The molecule has 4 nitrogen and oxygen atoms in total. The van der Waals surface area contributed by atoms with Crippen LogP contribution in [0.25, 0.3) is 0 Å².